The number of carbonyl (C=O) groups is 10. The molecule has 0 fully saturated rings. The smallest absolute Gasteiger partial charge is 0.408 e. The lowest BCUT2D eigenvalue weighted by Crippen LogP contribution is -2.66. The summed E-state index contributed by atoms with van der Waals surface area (Å²) in [6.07, 6.45) is -1.43. The second kappa shape index (κ2) is 28.4. The van der Waals surface area contributed by atoms with Gasteiger partial charge in [0.2, 0.25) is 47.3 Å². The number of hydrogen-bond acceptors (Lipinski definition) is 13. The average Bonchev–Trinajstić information content (AvgIpc) is 3.28. The van der Waals surface area contributed by atoms with Crippen molar-refractivity contribution in [2.45, 2.75) is 196 Å². The van der Waals surface area contributed by atoms with Crippen molar-refractivity contribution in [1.29, 1.82) is 0 Å². The molecule has 0 aromatic heterocycles. The number of ether oxygens (including phenoxy) is 3. The van der Waals surface area contributed by atoms with Gasteiger partial charge in [0.25, 0.3) is 0 Å². The Morgan fingerprint density at radius 3 is 1.38 bits per heavy atom. The second-order valence-corrected chi connectivity index (χ2v) is 22.2. The number of methoxy groups -OCH3 is 1. The van der Waals surface area contributed by atoms with E-state index in [0.29, 0.717) is 6.42 Å². The molecule has 9 amide bonds. The number of benzene rings is 1. The van der Waals surface area contributed by atoms with Crippen LogP contribution in [0.15, 0.2) is 30.3 Å². The number of esters is 1. The minimum atomic E-state index is -1.74. The first-order chi connectivity index (χ1) is 33.9. The Morgan fingerprint density at radius 2 is 0.919 bits per heavy atom. The van der Waals surface area contributed by atoms with Gasteiger partial charge in [0.1, 0.15) is 59.0 Å². The fraction of sp³-hybridized carbons (Fsp3) is 0.692. The van der Waals surface area contributed by atoms with E-state index in [1.165, 1.54) is 48.7 Å². The van der Waals surface area contributed by atoms with E-state index in [-0.39, 0.29) is 6.61 Å². The predicted molar refractivity (Wildman–Crippen MR) is 277 cm³/mol. The minimum Gasteiger partial charge on any atom is -0.467 e. The Kier molecular flexibility index (Phi) is 25.2. The normalized spacial score (nSPS) is 14.9. The number of nitrogens with one attached hydrogen (secondary N) is 9. The molecule has 0 saturated heterocycles. The molecule has 0 unspecified atom stereocenters. The van der Waals surface area contributed by atoms with Gasteiger partial charge in [0.05, 0.1) is 19.8 Å². The molecule has 1 aromatic carbocycles. The molecule has 418 valence electrons. The van der Waals surface area contributed by atoms with Crippen LogP contribution in [-0.4, -0.2) is 132 Å². The van der Waals surface area contributed by atoms with E-state index in [1.54, 1.807) is 83.1 Å². The van der Waals surface area contributed by atoms with Crippen molar-refractivity contribution in [1.82, 2.24) is 47.9 Å². The van der Waals surface area contributed by atoms with E-state index >= 15 is 0 Å². The molecule has 9 N–H and O–H groups in total. The summed E-state index contributed by atoms with van der Waals surface area (Å²) in [7, 11) is 1.18. The Hall–Kier alpha value is -6.32. The third-order valence-electron chi connectivity index (χ3n) is 11.9. The third kappa shape index (κ3) is 21.3. The van der Waals surface area contributed by atoms with Gasteiger partial charge >= 0.3 is 12.1 Å². The topological polar surface area (TPSA) is 307 Å². The first kappa shape index (κ1) is 65.7. The van der Waals surface area contributed by atoms with Crippen molar-refractivity contribution >= 4 is 59.3 Å². The molecule has 1 aromatic rings. The van der Waals surface area contributed by atoms with Gasteiger partial charge in [-0.15, -0.1) is 0 Å². The van der Waals surface area contributed by atoms with Crippen LogP contribution in [0, 0.1) is 23.7 Å². The first-order valence-corrected chi connectivity index (χ1v) is 25.1. The first-order valence-electron chi connectivity index (χ1n) is 25.1. The predicted octanol–water partition coefficient (Wildman–Crippen LogP) is 2.41. The summed E-state index contributed by atoms with van der Waals surface area (Å²) in [4.78, 5) is 135. The highest BCUT2D eigenvalue weighted by Crippen LogP contribution is 2.17. The molecule has 1 rings (SSSR count). The minimum absolute atomic E-state index is 0.0555. The van der Waals surface area contributed by atoms with Crippen molar-refractivity contribution < 1.29 is 62.2 Å². The lowest BCUT2D eigenvalue weighted by Gasteiger charge is -2.34. The van der Waals surface area contributed by atoms with Crippen LogP contribution in [0.3, 0.4) is 0 Å². The van der Waals surface area contributed by atoms with Gasteiger partial charge in [0, 0.05) is 0 Å². The summed E-state index contributed by atoms with van der Waals surface area (Å²) < 4.78 is 16.0. The zero-order chi connectivity index (χ0) is 57.3. The van der Waals surface area contributed by atoms with Gasteiger partial charge in [-0.25, -0.2) is 9.59 Å². The van der Waals surface area contributed by atoms with E-state index in [1.807, 2.05) is 30.3 Å². The van der Waals surface area contributed by atoms with E-state index in [2.05, 4.69) is 47.9 Å². The molecule has 0 aliphatic heterocycles. The summed E-state index contributed by atoms with van der Waals surface area (Å²) in [5, 5.41) is 23.7. The molecule has 74 heavy (non-hydrogen) atoms. The highest BCUT2D eigenvalue weighted by molar-refractivity contribution is 6.00. The lowest BCUT2D eigenvalue weighted by atomic mass is 9.94. The Morgan fingerprint density at radius 1 is 0.514 bits per heavy atom. The molecular weight excluding hydrogens is 959 g/mol. The zero-order valence-corrected chi connectivity index (χ0v) is 47.1. The SMILES string of the molecule is CC[C@H](C)[C@H](NC(=O)[C@@H](NC(=O)[C@@H](NC(=O)C(C)(C)NC(=O)CNC(=O)OC(C)(C)C)C(C)C)C(C)C)C(=O)NC(C)(C)C(=O)N[C@H](C(=O)N[C@H](C(=O)NC(C)(C)C(=O)OC)C(C)C)[C@@H](C)OCc1ccccc1. The van der Waals surface area contributed by atoms with Crippen molar-refractivity contribution in [3.63, 3.8) is 0 Å². The van der Waals surface area contributed by atoms with Gasteiger partial charge in [-0.3, -0.25) is 38.4 Å². The van der Waals surface area contributed by atoms with Crippen molar-refractivity contribution in [3.05, 3.63) is 35.9 Å². The summed E-state index contributed by atoms with van der Waals surface area (Å²) in [6, 6.07) is 2.84. The molecule has 0 radical (unpaired) electrons. The van der Waals surface area contributed by atoms with Crippen LogP contribution in [0.2, 0.25) is 0 Å². The van der Waals surface area contributed by atoms with Crippen LogP contribution in [0.5, 0.6) is 0 Å². The zero-order valence-electron chi connectivity index (χ0n) is 47.1. The number of amides is 9. The van der Waals surface area contributed by atoms with Crippen LogP contribution >= 0.6 is 0 Å². The van der Waals surface area contributed by atoms with E-state index in [9.17, 15) is 47.9 Å². The molecule has 0 aliphatic carbocycles. The van der Waals surface area contributed by atoms with Gasteiger partial charge in [-0.2, -0.15) is 0 Å². The quantitative estimate of drug-likeness (QED) is 0.0573. The maximum Gasteiger partial charge on any atom is 0.408 e. The highest BCUT2D eigenvalue weighted by Gasteiger charge is 2.42. The average molecular weight is 1050 g/mol. The highest BCUT2D eigenvalue weighted by atomic mass is 16.6. The van der Waals surface area contributed by atoms with E-state index in [4.69, 9.17) is 14.2 Å². The van der Waals surface area contributed by atoms with Crippen LogP contribution in [0.1, 0.15) is 137 Å². The van der Waals surface area contributed by atoms with Gasteiger partial charge in [-0.1, -0.05) is 92.1 Å². The van der Waals surface area contributed by atoms with E-state index in [0.717, 1.165) is 5.56 Å². The monoisotopic (exact) mass is 1050 g/mol. The van der Waals surface area contributed by atoms with Gasteiger partial charge in [0.15, 0.2) is 0 Å². The van der Waals surface area contributed by atoms with Crippen LogP contribution in [0.4, 0.5) is 4.79 Å². The second-order valence-electron chi connectivity index (χ2n) is 22.2. The number of rotatable bonds is 27. The molecule has 0 heterocycles. The Bertz CT molecular complexity index is 2120. The Balaban J connectivity index is 3.37. The Labute approximate surface area is 437 Å². The van der Waals surface area contributed by atoms with Crippen molar-refractivity contribution in [2.24, 2.45) is 23.7 Å². The fourth-order valence-electron chi connectivity index (χ4n) is 7.02. The molecule has 22 heteroatoms. The molecule has 0 aliphatic rings. The summed E-state index contributed by atoms with van der Waals surface area (Å²) >= 11 is 0. The van der Waals surface area contributed by atoms with Crippen LogP contribution < -0.4 is 47.9 Å². The van der Waals surface area contributed by atoms with E-state index < -0.39 is 148 Å². The molecule has 0 bridgehead atoms. The molecular formula is C52H87N9O13. The standard InChI is InChI=1S/C52H87N9O13/c1-20-31(8)38(56-40(63)35(28(2)3)54-41(64)36(29(4)5)57-45(68)50(13,14)59-34(62)26-53-48(71)74-49(10,11)12)44(67)60-51(15,16)46(69)58-39(32(9)73-27-33-24-22-21-23-25-33)42(65)55-37(30(6)7)43(66)61-52(17,18)47(70)72-19/h21-25,28-32,35-39H,20,26-27H2,1-19H3,(H,53,71)(H,54,64)(H,55,65)(H,56,63)(H,57,68)(H,58,69)(H,59,62)(H,60,67)(H,61,66)/t31-,32+,35-,36-,37-,38-,39-/m0/s1. The van der Waals surface area contributed by atoms with Gasteiger partial charge in [-0.05, 0) is 98.5 Å². The third-order valence-corrected chi connectivity index (χ3v) is 11.9. The van der Waals surface area contributed by atoms with Crippen molar-refractivity contribution in [2.75, 3.05) is 13.7 Å². The fourth-order valence-corrected chi connectivity index (χ4v) is 7.02. The summed E-state index contributed by atoms with van der Waals surface area (Å²) in [5.41, 5.74) is -4.75. The number of hydrogen-bond donors (Lipinski definition) is 9. The molecule has 0 spiro atoms. The molecule has 7 atom stereocenters. The van der Waals surface area contributed by atoms with Crippen LogP contribution in [-0.2, 0) is 64.0 Å². The largest absolute Gasteiger partial charge is 0.467 e. The van der Waals surface area contributed by atoms with Crippen molar-refractivity contribution in [3.8, 4) is 0 Å². The van der Waals surface area contributed by atoms with Gasteiger partial charge < -0.3 is 62.1 Å². The lowest BCUT2D eigenvalue weighted by molar-refractivity contribution is -0.150. The summed E-state index contributed by atoms with van der Waals surface area (Å²) in [6.45, 7) is 28.3. The maximum absolute atomic E-state index is 14.3. The maximum atomic E-state index is 14.3. The van der Waals surface area contributed by atoms with Crippen LogP contribution in [0.25, 0.3) is 0 Å². The molecule has 22 nitrogen and oxygen atoms in total. The molecule has 0 saturated carbocycles. The summed E-state index contributed by atoms with van der Waals surface area (Å²) in [5.74, 6) is -8.67. The number of carbonyl (C=O) groups excluding carboxylic acids is 10. The number of alkyl carbamates (subject to hydrolysis) is 1.